The number of amides is 1. The molecule has 30 heavy (non-hydrogen) atoms. The van der Waals surface area contributed by atoms with Gasteiger partial charge in [0.05, 0.1) is 21.2 Å². The number of carbonyl (C=O) groups excluding carboxylic acids is 1. The number of nitrogens with zero attached hydrogens (tertiary/aromatic N) is 1. The highest BCUT2D eigenvalue weighted by atomic mass is 35.5. The Labute approximate surface area is 179 Å². The summed E-state index contributed by atoms with van der Waals surface area (Å²) in [6.07, 6.45) is 1.32. The zero-order valence-corrected chi connectivity index (χ0v) is 17.4. The molecule has 1 amide bonds. The summed E-state index contributed by atoms with van der Waals surface area (Å²) in [7, 11) is -3.69. The van der Waals surface area contributed by atoms with E-state index in [1.54, 1.807) is 48.5 Å². The van der Waals surface area contributed by atoms with Crippen molar-refractivity contribution in [2.24, 2.45) is 0 Å². The van der Waals surface area contributed by atoms with E-state index in [0.717, 1.165) is 5.56 Å². The Morgan fingerprint density at radius 3 is 2.53 bits per heavy atom. The minimum absolute atomic E-state index is 0.0191. The van der Waals surface area contributed by atoms with Crippen LogP contribution in [0.15, 0.2) is 71.6 Å². The average Bonchev–Trinajstić information content (AvgIpc) is 2.73. The van der Waals surface area contributed by atoms with E-state index in [1.165, 1.54) is 22.5 Å². The highest BCUT2D eigenvalue weighted by molar-refractivity contribution is 7.92. The molecule has 0 aromatic heterocycles. The number of sulfonamides is 1. The molecule has 154 valence electrons. The lowest BCUT2D eigenvalue weighted by molar-refractivity contribution is 0.102. The number of fused-ring (bicyclic) bond motifs is 1. The number of hydrogen-bond acceptors (Lipinski definition) is 3. The zero-order chi connectivity index (χ0) is 21.3. The van der Waals surface area contributed by atoms with Crippen LogP contribution in [0.2, 0.25) is 5.02 Å². The van der Waals surface area contributed by atoms with Crippen molar-refractivity contribution in [1.82, 2.24) is 0 Å². The summed E-state index contributed by atoms with van der Waals surface area (Å²) in [5, 5.41) is 2.66. The lowest BCUT2D eigenvalue weighted by Crippen LogP contribution is -2.35. The topological polar surface area (TPSA) is 66.5 Å². The Kier molecular flexibility index (Phi) is 5.49. The van der Waals surface area contributed by atoms with Crippen molar-refractivity contribution in [2.75, 3.05) is 16.2 Å². The van der Waals surface area contributed by atoms with Gasteiger partial charge < -0.3 is 5.32 Å². The van der Waals surface area contributed by atoms with E-state index < -0.39 is 21.7 Å². The van der Waals surface area contributed by atoms with Gasteiger partial charge in [0, 0.05) is 12.2 Å². The number of halogens is 2. The van der Waals surface area contributed by atoms with Crippen molar-refractivity contribution < 1.29 is 17.6 Å². The van der Waals surface area contributed by atoms with E-state index in [-0.39, 0.29) is 15.5 Å². The van der Waals surface area contributed by atoms with Gasteiger partial charge in [0.15, 0.2) is 0 Å². The number of hydrogen-bond donors (Lipinski definition) is 1. The van der Waals surface area contributed by atoms with Crippen LogP contribution in [0.1, 0.15) is 22.3 Å². The molecule has 0 saturated heterocycles. The average molecular weight is 445 g/mol. The Morgan fingerprint density at radius 2 is 1.80 bits per heavy atom. The summed E-state index contributed by atoms with van der Waals surface area (Å²) in [6, 6.07) is 17.3. The van der Waals surface area contributed by atoms with Crippen molar-refractivity contribution in [3.8, 4) is 0 Å². The zero-order valence-electron chi connectivity index (χ0n) is 15.8. The van der Waals surface area contributed by atoms with Gasteiger partial charge in [-0.15, -0.1) is 0 Å². The fourth-order valence-corrected chi connectivity index (χ4v) is 5.33. The molecule has 0 spiro atoms. The van der Waals surface area contributed by atoms with Gasteiger partial charge in [-0.2, -0.15) is 0 Å². The van der Waals surface area contributed by atoms with E-state index in [2.05, 4.69) is 5.32 Å². The Hall–Kier alpha value is -2.90. The number of carbonyl (C=O) groups is 1. The normalized spacial score (nSPS) is 13.6. The fraction of sp³-hybridized carbons (Fsp3) is 0.136. The Morgan fingerprint density at radius 1 is 1.03 bits per heavy atom. The van der Waals surface area contributed by atoms with Crippen LogP contribution in [-0.2, 0) is 16.4 Å². The molecule has 5 nitrogen and oxygen atoms in total. The minimum atomic E-state index is -3.69. The minimum Gasteiger partial charge on any atom is -0.322 e. The van der Waals surface area contributed by atoms with Crippen LogP contribution >= 0.6 is 11.6 Å². The van der Waals surface area contributed by atoms with Gasteiger partial charge in [-0.1, -0.05) is 35.9 Å². The smallest absolute Gasteiger partial charge is 0.264 e. The number of aryl methyl sites for hydroxylation is 1. The van der Waals surface area contributed by atoms with Crippen molar-refractivity contribution in [1.29, 1.82) is 0 Å². The lowest BCUT2D eigenvalue weighted by atomic mass is 10.0. The molecule has 0 radical (unpaired) electrons. The molecule has 3 aromatic carbocycles. The maximum absolute atomic E-state index is 14.0. The van der Waals surface area contributed by atoms with Gasteiger partial charge in [-0.25, -0.2) is 12.8 Å². The Bertz CT molecular complexity index is 1200. The summed E-state index contributed by atoms with van der Waals surface area (Å²) in [5.41, 5.74) is 1.58. The van der Waals surface area contributed by atoms with Crippen LogP contribution in [0, 0.1) is 5.82 Å². The van der Waals surface area contributed by atoms with Crippen LogP contribution in [-0.4, -0.2) is 20.9 Å². The fourth-order valence-electron chi connectivity index (χ4n) is 3.52. The highest BCUT2D eigenvalue weighted by Crippen LogP contribution is 2.34. The number of rotatable bonds is 4. The molecule has 1 heterocycles. The lowest BCUT2D eigenvalue weighted by Gasteiger charge is -2.31. The molecule has 0 fully saturated rings. The molecule has 3 aromatic rings. The van der Waals surface area contributed by atoms with Crippen molar-refractivity contribution in [3.05, 3.63) is 88.7 Å². The van der Waals surface area contributed by atoms with Crippen LogP contribution in [0.4, 0.5) is 15.8 Å². The van der Waals surface area contributed by atoms with E-state index in [1.807, 2.05) is 0 Å². The maximum Gasteiger partial charge on any atom is 0.264 e. The van der Waals surface area contributed by atoms with E-state index >= 15 is 0 Å². The van der Waals surface area contributed by atoms with E-state index in [0.29, 0.717) is 30.8 Å². The molecule has 1 aliphatic rings. The third kappa shape index (κ3) is 3.78. The molecule has 1 N–H and O–H groups in total. The third-order valence-corrected chi connectivity index (χ3v) is 7.08. The standard InChI is InChI=1S/C22H18ClFN2O3S/c23-18-9-4-10-19(24)21(18)22(27)25-16-11-12-20-15(14-16)6-5-13-26(20)30(28,29)17-7-2-1-3-8-17/h1-4,7-12,14H,5-6,13H2,(H,25,27). The first-order valence-corrected chi connectivity index (χ1v) is 11.2. The molecule has 4 rings (SSSR count). The molecule has 1 aliphatic heterocycles. The number of nitrogens with one attached hydrogen (secondary N) is 1. The second kappa shape index (κ2) is 8.08. The van der Waals surface area contributed by atoms with Crippen LogP contribution in [0.25, 0.3) is 0 Å². The molecular formula is C22H18ClFN2O3S. The van der Waals surface area contributed by atoms with Crippen molar-refractivity contribution in [2.45, 2.75) is 17.7 Å². The predicted octanol–water partition coefficient (Wildman–Crippen LogP) is 4.87. The molecule has 0 unspecified atom stereocenters. The third-order valence-electron chi connectivity index (χ3n) is 4.93. The van der Waals surface area contributed by atoms with Gasteiger partial charge in [0.25, 0.3) is 15.9 Å². The molecule has 0 bridgehead atoms. The highest BCUT2D eigenvalue weighted by Gasteiger charge is 2.29. The maximum atomic E-state index is 14.0. The van der Waals surface area contributed by atoms with Gasteiger partial charge in [0.1, 0.15) is 5.82 Å². The first-order chi connectivity index (χ1) is 14.4. The monoisotopic (exact) mass is 444 g/mol. The van der Waals surface area contributed by atoms with E-state index in [4.69, 9.17) is 11.6 Å². The van der Waals surface area contributed by atoms with Crippen molar-refractivity contribution >= 4 is 38.9 Å². The molecule has 8 heteroatoms. The molecule has 0 atom stereocenters. The number of benzene rings is 3. The second-order valence-corrected chi connectivity index (χ2v) is 9.16. The summed E-state index contributed by atoms with van der Waals surface area (Å²) < 4.78 is 41.5. The van der Waals surface area contributed by atoms with Gasteiger partial charge in [-0.05, 0) is 60.9 Å². The van der Waals surface area contributed by atoms with E-state index in [9.17, 15) is 17.6 Å². The van der Waals surface area contributed by atoms with Gasteiger partial charge in [-0.3, -0.25) is 9.10 Å². The largest absolute Gasteiger partial charge is 0.322 e. The van der Waals surface area contributed by atoms with Gasteiger partial charge in [0.2, 0.25) is 0 Å². The Balaban J connectivity index is 1.63. The van der Waals surface area contributed by atoms with Gasteiger partial charge >= 0.3 is 0 Å². The summed E-state index contributed by atoms with van der Waals surface area (Å²) in [4.78, 5) is 12.7. The quantitative estimate of drug-likeness (QED) is 0.624. The SMILES string of the molecule is O=C(Nc1ccc2c(c1)CCCN2S(=O)(=O)c1ccccc1)c1c(F)cccc1Cl. The van der Waals surface area contributed by atoms with Crippen molar-refractivity contribution in [3.63, 3.8) is 0 Å². The summed E-state index contributed by atoms with van der Waals surface area (Å²) >= 11 is 5.96. The van der Waals surface area contributed by atoms with Crippen LogP contribution in [0.5, 0.6) is 0 Å². The van der Waals surface area contributed by atoms with Crippen LogP contribution in [0.3, 0.4) is 0 Å². The first-order valence-electron chi connectivity index (χ1n) is 9.34. The number of anilines is 2. The molecule has 0 saturated carbocycles. The second-order valence-electron chi connectivity index (χ2n) is 6.89. The predicted molar refractivity (Wildman–Crippen MR) is 115 cm³/mol. The van der Waals surface area contributed by atoms with Crippen LogP contribution < -0.4 is 9.62 Å². The first kappa shape index (κ1) is 20.4. The summed E-state index contributed by atoms with van der Waals surface area (Å²) in [5.74, 6) is -1.37. The summed E-state index contributed by atoms with van der Waals surface area (Å²) in [6.45, 7) is 0.376. The molecule has 0 aliphatic carbocycles. The molecular weight excluding hydrogens is 427 g/mol.